The number of carbonyl (C=O) groups is 2. The zero-order chi connectivity index (χ0) is 16.9. The SMILES string of the molecule is O=C(c1ccccc1)N1CCN(C(=O)C(O)c2ccccc2)CC1. The summed E-state index contributed by atoms with van der Waals surface area (Å²) < 4.78 is 0. The Morgan fingerprint density at radius 2 is 1.29 bits per heavy atom. The van der Waals surface area contributed by atoms with E-state index in [0.717, 1.165) is 0 Å². The van der Waals surface area contributed by atoms with Crippen molar-refractivity contribution in [3.63, 3.8) is 0 Å². The highest BCUT2D eigenvalue weighted by atomic mass is 16.3. The summed E-state index contributed by atoms with van der Waals surface area (Å²) in [7, 11) is 0. The topological polar surface area (TPSA) is 60.9 Å². The van der Waals surface area contributed by atoms with Gasteiger partial charge in [-0.05, 0) is 17.7 Å². The Kier molecular flexibility index (Phi) is 4.91. The van der Waals surface area contributed by atoms with Gasteiger partial charge in [-0.2, -0.15) is 0 Å². The first-order chi connectivity index (χ1) is 11.7. The standard InChI is InChI=1S/C19H20N2O3/c22-17(15-7-3-1-4-8-15)19(24)21-13-11-20(12-14-21)18(23)16-9-5-2-6-10-16/h1-10,17,22H,11-14H2. The molecule has 1 fully saturated rings. The summed E-state index contributed by atoms with van der Waals surface area (Å²) in [5.41, 5.74) is 1.24. The molecule has 1 aliphatic heterocycles. The average Bonchev–Trinajstić information content (AvgIpc) is 2.68. The lowest BCUT2D eigenvalue weighted by Gasteiger charge is -2.35. The molecular weight excluding hydrogens is 304 g/mol. The molecule has 2 aromatic rings. The van der Waals surface area contributed by atoms with E-state index in [9.17, 15) is 14.7 Å². The number of amides is 2. The van der Waals surface area contributed by atoms with Gasteiger partial charge in [0.1, 0.15) is 0 Å². The molecule has 24 heavy (non-hydrogen) atoms. The molecule has 0 radical (unpaired) electrons. The van der Waals surface area contributed by atoms with Gasteiger partial charge in [-0.25, -0.2) is 0 Å². The third-order valence-electron chi connectivity index (χ3n) is 4.25. The first kappa shape index (κ1) is 16.2. The lowest BCUT2D eigenvalue weighted by molar-refractivity contribution is -0.142. The minimum absolute atomic E-state index is 0.0219. The molecule has 2 aromatic carbocycles. The minimum atomic E-state index is -1.15. The van der Waals surface area contributed by atoms with Crippen LogP contribution in [0, 0.1) is 0 Å². The van der Waals surface area contributed by atoms with Gasteiger partial charge in [0.05, 0.1) is 0 Å². The monoisotopic (exact) mass is 324 g/mol. The van der Waals surface area contributed by atoms with Crippen LogP contribution >= 0.6 is 0 Å². The molecule has 1 heterocycles. The Labute approximate surface area is 141 Å². The number of nitrogens with zero attached hydrogens (tertiary/aromatic N) is 2. The van der Waals surface area contributed by atoms with E-state index in [1.807, 2.05) is 24.3 Å². The van der Waals surface area contributed by atoms with Crippen LogP contribution in [0.2, 0.25) is 0 Å². The largest absolute Gasteiger partial charge is 0.378 e. The molecular formula is C19H20N2O3. The van der Waals surface area contributed by atoms with Crippen molar-refractivity contribution in [2.24, 2.45) is 0 Å². The van der Waals surface area contributed by atoms with Crippen LogP contribution in [0.4, 0.5) is 0 Å². The summed E-state index contributed by atoms with van der Waals surface area (Å²) in [6, 6.07) is 18.0. The van der Waals surface area contributed by atoms with Crippen LogP contribution in [-0.4, -0.2) is 52.9 Å². The third-order valence-corrected chi connectivity index (χ3v) is 4.25. The molecule has 1 unspecified atom stereocenters. The first-order valence-electron chi connectivity index (χ1n) is 8.03. The molecule has 0 spiro atoms. The number of carbonyl (C=O) groups excluding carboxylic acids is 2. The fourth-order valence-electron chi connectivity index (χ4n) is 2.84. The molecule has 5 heteroatoms. The molecule has 0 saturated carbocycles. The molecule has 0 aliphatic carbocycles. The zero-order valence-corrected chi connectivity index (χ0v) is 13.3. The highest BCUT2D eigenvalue weighted by Crippen LogP contribution is 2.17. The quantitative estimate of drug-likeness (QED) is 0.935. The Bertz CT molecular complexity index is 695. The van der Waals surface area contributed by atoms with E-state index < -0.39 is 6.10 Å². The van der Waals surface area contributed by atoms with Crippen LogP contribution < -0.4 is 0 Å². The number of benzene rings is 2. The fourth-order valence-corrected chi connectivity index (χ4v) is 2.84. The van der Waals surface area contributed by atoms with Gasteiger partial charge >= 0.3 is 0 Å². The molecule has 2 amide bonds. The van der Waals surface area contributed by atoms with E-state index in [0.29, 0.717) is 37.3 Å². The third kappa shape index (κ3) is 3.46. The summed E-state index contributed by atoms with van der Waals surface area (Å²) in [5.74, 6) is -0.334. The number of aliphatic hydroxyl groups excluding tert-OH is 1. The number of aliphatic hydroxyl groups is 1. The van der Waals surface area contributed by atoms with Crippen molar-refractivity contribution in [3.05, 3.63) is 71.8 Å². The van der Waals surface area contributed by atoms with E-state index in [-0.39, 0.29) is 11.8 Å². The van der Waals surface area contributed by atoms with Crippen molar-refractivity contribution >= 4 is 11.8 Å². The zero-order valence-electron chi connectivity index (χ0n) is 13.3. The van der Waals surface area contributed by atoms with Gasteiger partial charge in [0.2, 0.25) is 0 Å². The molecule has 1 atom stereocenters. The molecule has 5 nitrogen and oxygen atoms in total. The first-order valence-corrected chi connectivity index (χ1v) is 8.03. The molecule has 3 rings (SSSR count). The maximum atomic E-state index is 12.4. The van der Waals surface area contributed by atoms with Crippen LogP contribution in [0.1, 0.15) is 22.0 Å². The summed E-state index contributed by atoms with van der Waals surface area (Å²) >= 11 is 0. The Morgan fingerprint density at radius 3 is 1.88 bits per heavy atom. The van der Waals surface area contributed by atoms with Gasteiger partial charge in [-0.1, -0.05) is 48.5 Å². The lowest BCUT2D eigenvalue weighted by Crippen LogP contribution is -2.51. The highest BCUT2D eigenvalue weighted by molar-refractivity contribution is 5.94. The van der Waals surface area contributed by atoms with Crippen molar-refractivity contribution in [3.8, 4) is 0 Å². The molecule has 1 aliphatic rings. The Morgan fingerprint density at radius 1 is 0.792 bits per heavy atom. The molecule has 124 valence electrons. The van der Waals surface area contributed by atoms with Gasteiger partial charge in [0.15, 0.2) is 6.10 Å². The van der Waals surface area contributed by atoms with E-state index in [1.165, 1.54) is 0 Å². The fraction of sp³-hybridized carbons (Fsp3) is 0.263. The molecule has 0 aromatic heterocycles. The highest BCUT2D eigenvalue weighted by Gasteiger charge is 2.28. The maximum absolute atomic E-state index is 12.4. The Balaban J connectivity index is 1.59. The van der Waals surface area contributed by atoms with Crippen molar-refractivity contribution in [2.75, 3.05) is 26.2 Å². The predicted octanol–water partition coefficient (Wildman–Crippen LogP) is 1.70. The van der Waals surface area contributed by atoms with Crippen molar-refractivity contribution in [1.29, 1.82) is 0 Å². The summed E-state index contributed by atoms with van der Waals surface area (Å²) in [6.45, 7) is 1.81. The molecule has 0 bridgehead atoms. The lowest BCUT2D eigenvalue weighted by atomic mass is 10.1. The van der Waals surface area contributed by atoms with Crippen LogP contribution in [-0.2, 0) is 4.79 Å². The maximum Gasteiger partial charge on any atom is 0.256 e. The Hall–Kier alpha value is -2.66. The van der Waals surface area contributed by atoms with Crippen LogP contribution in [0.3, 0.4) is 0 Å². The number of piperazine rings is 1. The summed E-state index contributed by atoms with van der Waals surface area (Å²) in [4.78, 5) is 28.2. The predicted molar refractivity (Wildman–Crippen MR) is 90.3 cm³/mol. The average molecular weight is 324 g/mol. The van der Waals surface area contributed by atoms with Crippen LogP contribution in [0.15, 0.2) is 60.7 Å². The second-order valence-electron chi connectivity index (χ2n) is 5.80. The van der Waals surface area contributed by atoms with E-state index in [2.05, 4.69) is 0 Å². The van der Waals surface area contributed by atoms with Gasteiger partial charge in [0, 0.05) is 31.7 Å². The number of hydrogen-bond acceptors (Lipinski definition) is 3. The summed E-state index contributed by atoms with van der Waals surface area (Å²) in [6.07, 6.45) is -1.15. The summed E-state index contributed by atoms with van der Waals surface area (Å²) in [5, 5.41) is 10.2. The van der Waals surface area contributed by atoms with Crippen molar-refractivity contribution in [1.82, 2.24) is 9.80 Å². The molecule has 1 N–H and O–H groups in total. The van der Waals surface area contributed by atoms with E-state index in [4.69, 9.17) is 0 Å². The van der Waals surface area contributed by atoms with Crippen LogP contribution in [0.5, 0.6) is 0 Å². The van der Waals surface area contributed by atoms with Gasteiger partial charge in [-0.3, -0.25) is 9.59 Å². The smallest absolute Gasteiger partial charge is 0.256 e. The normalized spacial score (nSPS) is 15.9. The van der Waals surface area contributed by atoms with E-state index in [1.54, 1.807) is 46.2 Å². The second kappa shape index (κ2) is 7.27. The number of rotatable bonds is 3. The van der Waals surface area contributed by atoms with Crippen molar-refractivity contribution in [2.45, 2.75) is 6.10 Å². The second-order valence-corrected chi connectivity index (χ2v) is 5.80. The van der Waals surface area contributed by atoms with E-state index >= 15 is 0 Å². The van der Waals surface area contributed by atoms with Crippen LogP contribution in [0.25, 0.3) is 0 Å². The van der Waals surface area contributed by atoms with Gasteiger partial charge in [-0.15, -0.1) is 0 Å². The van der Waals surface area contributed by atoms with Crippen molar-refractivity contribution < 1.29 is 14.7 Å². The number of hydrogen-bond donors (Lipinski definition) is 1. The molecule has 1 saturated heterocycles. The van der Waals surface area contributed by atoms with Gasteiger partial charge < -0.3 is 14.9 Å². The minimum Gasteiger partial charge on any atom is -0.378 e. The van der Waals surface area contributed by atoms with Gasteiger partial charge in [0.25, 0.3) is 11.8 Å².